The lowest BCUT2D eigenvalue weighted by Crippen LogP contribution is -2.28. The molecule has 0 aromatic heterocycles. The van der Waals surface area contributed by atoms with Gasteiger partial charge in [0, 0.05) is 18.8 Å². The standard InChI is InChI=1S/C10H19N3O2S/c1-5-9(2)13(4)8-6-7-12-10(11-3)16(14)15/h6-7,9H,3,5,8H2,1-2,4H3,(H,14,15)/b7-6+,12-10?/t9-/m0/s1. The first-order chi connectivity index (χ1) is 7.52. The van der Waals surface area contributed by atoms with E-state index in [-0.39, 0.29) is 5.17 Å². The van der Waals surface area contributed by atoms with Gasteiger partial charge in [-0.1, -0.05) is 13.0 Å². The van der Waals surface area contributed by atoms with Crippen LogP contribution in [0.4, 0.5) is 0 Å². The van der Waals surface area contributed by atoms with Crippen molar-refractivity contribution in [2.24, 2.45) is 9.98 Å². The zero-order valence-corrected chi connectivity index (χ0v) is 10.8. The number of aliphatic imine (C=N–C) groups is 2. The molecule has 0 aliphatic heterocycles. The maximum absolute atomic E-state index is 10.6. The molecule has 1 unspecified atom stereocenters. The molecular weight excluding hydrogens is 226 g/mol. The molecular formula is C10H19N3O2S. The second-order valence-electron chi connectivity index (χ2n) is 3.40. The van der Waals surface area contributed by atoms with Gasteiger partial charge < -0.3 is 0 Å². The summed E-state index contributed by atoms with van der Waals surface area (Å²) < 4.78 is 19.3. The maximum Gasteiger partial charge on any atom is 0.246 e. The second kappa shape index (κ2) is 8.32. The van der Waals surface area contributed by atoms with E-state index in [1.165, 1.54) is 6.20 Å². The highest BCUT2D eigenvalue weighted by Crippen LogP contribution is 1.99. The first-order valence-corrected chi connectivity index (χ1v) is 6.14. The van der Waals surface area contributed by atoms with Crippen molar-refractivity contribution in [2.75, 3.05) is 13.6 Å². The number of amidine groups is 1. The van der Waals surface area contributed by atoms with Crippen molar-refractivity contribution in [3.63, 3.8) is 0 Å². The molecule has 0 bridgehead atoms. The zero-order chi connectivity index (χ0) is 12.6. The predicted octanol–water partition coefficient (Wildman–Crippen LogP) is 1.51. The fourth-order valence-corrected chi connectivity index (χ4v) is 1.22. The van der Waals surface area contributed by atoms with Crippen molar-refractivity contribution in [2.45, 2.75) is 26.3 Å². The molecule has 0 aromatic carbocycles. The Labute approximate surface area is 99.3 Å². The van der Waals surface area contributed by atoms with E-state index < -0.39 is 11.1 Å². The molecule has 0 heterocycles. The third-order valence-electron chi connectivity index (χ3n) is 2.32. The van der Waals surface area contributed by atoms with Crippen molar-refractivity contribution in [3.8, 4) is 0 Å². The zero-order valence-electron chi connectivity index (χ0n) is 9.96. The molecule has 0 fully saturated rings. The number of rotatable bonds is 5. The quantitative estimate of drug-likeness (QED) is 0.453. The Morgan fingerprint density at radius 3 is 2.75 bits per heavy atom. The van der Waals surface area contributed by atoms with Gasteiger partial charge in [-0.25, -0.2) is 14.2 Å². The molecule has 0 spiro atoms. The Morgan fingerprint density at radius 1 is 1.69 bits per heavy atom. The van der Waals surface area contributed by atoms with Crippen molar-refractivity contribution < 1.29 is 8.76 Å². The Morgan fingerprint density at radius 2 is 2.31 bits per heavy atom. The van der Waals surface area contributed by atoms with E-state index in [0.29, 0.717) is 6.04 Å². The van der Waals surface area contributed by atoms with Crippen LogP contribution in [0.3, 0.4) is 0 Å². The third-order valence-corrected chi connectivity index (χ3v) is 2.87. The molecule has 0 saturated carbocycles. The minimum atomic E-state index is -2.17. The molecule has 92 valence electrons. The van der Waals surface area contributed by atoms with Gasteiger partial charge in [-0.2, -0.15) is 0 Å². The molecule has 0 aliphatic rings. The van der Waals surface area contributed by atoms with Gasteiger partial charge in [0.1, 0.15) is 0 Å². The molecule has 0 amide bonds. The molecule has 5 nitrogen and oxygen atoms in total. The fourth-order valence-electron chi connectivity index (χ4n) is 0.963. The van der Waals surface area contributed by atoms with E-state index >= 15 is 0 Å². The Kier molecular flexibility index (Phi) is 7.88. The molecule has 0 aliphatic carbocycles. The van der Waals surface area contributed by atoms with Crippen molar-refractivity contribution in [3.05, 3.63) is 12.3 Å². The maximum atomic E-state index is 10.6. The van der Waals surface area contributed by atoms with Gasteiger partial charge in [0.15, 0.2) is 0 Å². The number of nitrogens with zero attached hydrogens (tertiary/aromatic N) is 3. The van der Waals surface area contributed by atoms with Gasteiger partial charge in [0.2, 0.25) is 16.2 Å². The molecule has 6 heteroatoms. The monoisotopic (exact) mass is 245 g/mol. The SMILES string of the molecule is C=NC(=N/C=C/CN(C)[C@@H](C)CC)S(=O)O. The lowest BCUT2D eigenvalue weighted by molar-refractivity contribution is 0.278. The van der Waals surface area contributed by atoms with Crippen LogP contribution in [-0.2, 0) is 11.1 Å². The average Bonchev–Trinajstić information content (AvgIpc) is 2.27. The summed E-state index contributed by atoms with van der Waals surface area (Å²) in [6, 6.07) is 0.498. The molecule has 2 atom stereocenters. The Bertz CT molecular complexity index is 302. The first kappa shape index (κ1) is 15.2. The van der Waals surface area contributed by atoms with Crippen LogP contribution in [0.5, 0.6) is 0 Å². The van der Waals surface area contributed by atoms with E-state index in [9.17, 15) is 4.21 Å². The second-order valence-corrected chi connectivity index (χ2v) is 4.26. The van der Waals surface area contributed by atoms with Gasteiger partial charge in [0.05, 0.1) is 0 Å². The van der Waals surface area contributed by atoms with Crippen LogP contribution >= 0.6 is 0 Å². The van der Waals surface area contributed by atoms with Gasteiger partial charge in [0.25, 0.3) is 0 Å². The highest BCUT2D eigenvalue weighted by atomic mass is 32.2. The Hall–Kier alpha value is -0.850. The van der Waals surface area contributed by atoms with Crippen LogP contribution in [0.25, 0.3) is 0 Å². The summed E-state index contributed by atoms with van der Waals surface area (Å²) in [6.45, 7) is 8.15. The van der Waals surface area contributed by atoms with Crippen LogP contribution in [0.1, 0.15) is 20.3 Å². The van der Waals surface area contributed by atoms with Crippen LogP contribution in [0.2, 0.25) is 0 Å². The summed E-state index contributed by atoms with van der Waals surface area (Å²) in [6.07, 6.45) is 4.36. The highest BCUT2D eigenvalue weighted by Gasteiger charge is 2.03. The molecule has 0 radical (unpaired) electrons. The molecule has 0 aromatic rings. The summed E-state index contributed by atoms with van der Waals surface area (Å²) >= 11 is -2.17. The van der Waals surface area contributed by atoms with Gasteiger partial charge >= 0.3 is 0 Å². The summed E-state index contributed by atoms with van der Waals surface area (Å²) in [5, 5.41) is -0.178. The minimum absolute atomic E-state index is 0.178. The third kappa shape index (κ3) is 5.89. The smallest absolute Gasteiger partial charge is 0.246 e. The lowest BCUT2D eigenvalue weighted by Gasteiger charge is -2.21. The lowest BCUT2D eigenvalue weighted by atomic mass is 10.2. The summed E-state index contributed by atoms with van der Waals surface area (Å²) in [7, 11) is 2.01. The van der Waals surface area contributed by atoms with Crippen molar-refractivity contribution in [1.82, 2.24) is 4.90 Å². The largest absolute Gasteiger partial charge is 0.300 e. The minimum Gasteiger partial charge on any atom is -0.300 e. The van der Waals surface area contributed by atoms with Crippen molar-refractivity contribution in [1.29, 1.82) is 0 Å². The van der Waals surface area contributed by atoms with E-state index in [1.807, 2.05) is 13.1 Å². The van der Waals surface area contributed by atoms with Crippen LogP contribution in [0, 0.1) is 0 Å². The predicted molar refractivity (Wildman–Crippen MR) is 69.3 cm³/mol. The van der Waals surface area contributed by atoms with Crippen LogP contribution in [-0.4, -0.2) is 45.2 Å². The average molecular weight is 245 g/mol. The summed E-state index contributed by atoms with van der Waals surface area (Å²) in [5.41, 5.74) is 0. The normalized spacial score (nSPS) is 16.7. The van der Waals surface area contributed by atoms with Crippen LogP contribution in [0.15, 0.2) is 22.3 Å². The highest BCUT2D eigenvalue weighted by molar-refractivity contribution is 7.95. The van der Waals surface area contributed by atoms with Crippen LogP contribution < -0.4 is 0 Å². The Balaban J connectivity index is 4.20. The van der Waals surface area contributed by atoms with E-state index in [0.717, 1.165) is 13.0 Å². The fraction of sp³-hybridized carbons (Fsp3) is 0.600. The number of hydrogen-bond acceptors (Lipinski definition) is 3. The molecule has 1 N–H and O–H groups in total. The topological polar surface area (TPSA) is 65.3 Å². The van der Waals surface area contributed by atoms with Gasteiger partial charge in [-0.3, -0.25) is 9.45 Å². The first-order valence-electron chi connectivity index (χ1n) is 5.03. The number of likely N-dealkylation sites (N-methyl/N-ethyl adjacent to an activating group) is 1. The molecule has 0 rings (SSSR count). The van der Waals surface area contributed by atoms with E-state index in [4.69, 9.17) is 4.55 Å². The summed E-state index contributed by atoms with van der Waals surface area (Å²) in [4.78, 5) is 9.23. The van der Waals surface area contributed by atoms with Gasteiger partial charge in [-0.05, 0) is 27.1 Å². The summed E-state index contributed by atoms with van der Waals surface area (Å²) in [5.74, 6) is 0. The van der Waals surface area contributed by atoms with E-state index in [2.05, 4.69) is 35.4 Å². The molecule has 16 heavy (non-hydrogen) atoms. The molecule has 0 saturated heterocycles. The van der Waals surface area contributed by atoms with E-state index in [1.54, 1.807) is 0 Å². The number of hydrogen-bond donors (Lipinski definition) is 1. The van der Waals surface area contributed by atoms with Crippen molar-refractivity contribution >= 4 is 23.0 Å². The van der Waals surface area contributed by atoms with Gasteiger partial charge in [-0.15, -0.1) is 0 Å².